The van der Waals surface area contributed by atoms with E-state index in [-0.39, 0.29) is 0 Å². The number of piperazine rings is 1. The van der Waals surface area contributed by atoms with E-state index < -0.39 is 11.9 Å². The van der Waals surface area contributed by atoms with Crippen LogP contribution in [0.1, 0.15) is 0 Å². The lowest BCUT2D eigenvalue weighted by molar-refractivity contribution is -0.156. The van der Waals surface area contributed by atoms with Gasteiger partial charge in [0.25, 0.3) is 0 Å². The molecule has 0 radical (unpaired) electrons. The minimum atomic E-state index is -1.38. The monoisotopic (exact) mass is 284 g/mol. The Kier molecular flexibility index (Phi) is 3.48. The first kappa shape index (κ1) is 13.4. The van der Waals surface area contributed by atoms with Gasteiger partial charge in [0.05, 0.1) is 0 Å². The van der Waals surface area contributed by atoms with Crippen molar-refractivity contribution < 1.29 is 14.7 Å². The van der Waals surface area contributed by atoms with E-state index in [1.807, 2.05) is 18.2 Å². The summed E-state index contributed by atoms with van der Waals surface area (Å²) in [5, 5.41) is 11.1. The lowest BCUT2D eigenvalue weighted by Gasteiger charge is -2.35. The average molecular weight is 284 g/mol. The minimum Gasteiger partial charge on any atom is -0.474 e. The number of anilines is 1. The van der Waals surface area contributed by atoms with Gasteiger partial charge in [-0.25, -0.2) is 4.79 Å². The van der Waals surface area contributed by atoms with Crippen molar-refractivity contribution in [1.82, 2.24) is 4.90 Å². The van der Waals surface area contributed by atoms with Crippen LogP contribution < -0.4 is 4.90 Å². The molecule has 2 aromatic rings. The van der Waals surface area contributed by atoms with Crippen LogP contribution in [0, 0.1) is 0 Å². The summed E-state index contributed by atoms with van der Waals surface area (Å²) in [6.45, 7) is 2.17. The lowest BCUT2D eigenvalue weighted by atomic mass is 10.1. The molecule has 0 saturated carbocycles. The summed E-state index contributed by atoms with van der Waals surface area (Å²) < 4.78 is 0. The first-order valence-corrected chi connectivity index (χ1v) is 6.92. The topological polar surface area (TPSA) is 60.9 Å². The molecule has 1 saturated heterocycles. The van der Waals surface area contributed by atoms with Crippen molar-refractivity contribution in [1.29, 1.82) is 0 Å². The van der Waals surface area contributed by atoms with Crippen LogP contribution in [-0.4, -0.2) is 48.1 Å². The summed E-state index contributed by atoms with van der Waals surface area (Å²) in [6, 6.07) is 14.3. The predicted octanol–water partition coefficient (Wildman–Crippen LogP) is 1.57. The van der Waals surface area contributed by atoms with E-state index in [9.17, 15) is 9.59 Å². The zero-order valence-corrected chi connectivity index (χ0v) is 11.5. The molecular formula is C16H16N2O3. The number of aliphatic carboxylic acids is 1. The molecule has 21 heavy (non-hydrogen) atoms. The Morgan fingerprint density at radius 3 is 2.29 bits per heavy atom. The molecular weight excluding hydrogens is 268 g/mol. The first-order chi connectivity index (χ1) is 10.2. The molecule has 5 nitrogen and oxygen atoms in total. The number of rotatable bonds is 1. The highest BCUT2D eigenvalue weighted by Gasteiger charge is 2.25. The second-order valence-corrected chi connectivity index (χ2v) is 5.08. The van der Waals surface area contributed by atoms with Gasteiger partial charge in [-0.2, -0.15) is 0 Å². The van der Waals surface area contributed by atoms with Crippen molar-refractivity contribution >= 4 is 28.3 Å². The molecule has 1 heterocycles. The molecule has 0 spiro atoms. The van der Waals surface area contributed by atoms with E-state index in [1.165, 1.54) is 15.7 Å². The second kappa shape index (κ2) is 5.44. The zero-order chi connectivity index (χ0) is 14.8. The van der Waals surface area contributed by atoms with Gasteiger partial charge >= 0.3 is 11.9 Å². The molecule has 0 aromatic heterocycles. The standard InChI is InChI=1S/C16H16N2O3/c19-15(16(20)21)18-10-8-17(9-11-18)14-7-3-5-12-4-1-2-6-13(12)14/h1-7H,8-11H2,(H,20,21). The average Bonchev–Trinajstić information content (AvgIpc) is 2.53. The van der Waals surface area contributed by atoms with Gasteiger partial charge in [-0.05, 0) is 11.5 Å². The molecule has 1 aliphatic rings. The maximum absolute atomic E-state index is 11.5. The van der Waals surface area contributed by atoms with Crippen molar-refractivity contribution in [3.8, 4) is 0 Å². The van der Waals surface area contributed by atoms with Crippen LogP contribution in [0.15, 0.2) is 42.5 Å². The summed E-state index contributed by atoms with van der Waals surface area (Å²) in [5.74, 6) is -2.19. The van der Waals surface area contributed by atoms with Crippen molar-refractivity contribution in [2.24, 2.45) is 0 Å². The Balaban J connectivity index is 1.80. The van der Waals surface area contributed by atoms with Gasteiger partial charge < -0.3 is 14.9 Å². The Hall–Kier alpha value is -2.56. The van der Waals surface area contributed by atoms with E-state index in [1.54, 1.807) is 0 Å². The molecule has 1 N–H and O–H groups in total. The predicted molar refractivity (Wildman–Crippen MR) is 80.4 cm³/mol. The van der Waals surface area contributed by atoms with Gasteiger partial charge in [-0.1, -0.05) is 36.4 Å². The van der Waals surface area contributed by atoms with Crippen LogP contribution in [0.4, 0.5) is 5.69 Å². The quantitative estimate of drug-likeness (QED) is 0.808. The van der Waals surface area contributed by atoms with E-state index >= 15 is 0 Å². The Morgan fingerprint density at radius 1 is 0.905 bits per heavy atom. The highest BCUT2D eigenvalue weighted by atomic mass is 16.4. The summed E-state index contributed by atoms with van der Waals surface area (Å²) in [5.41, 5.74) is 1.13. The van der Waals surface area contributed by atoms with Crippen molar-refractivity contribution in [2.75, 3.05) is 31.1 Å². The van der Waals surface area contributed by atoms with Crippen molar-refractivity contribution in [2.45, 2.75) is 0 Å². The number of amides is 1. The first-order valence-electron chi connectivity index (χ1n) is 6.92. The fourth-order valence-corrected chi connectivity index (χ4v) is 2.77. The Morgan fingerprint density at radius 2 is 1.57 bits per heavy atom. The highest BCUT2D eigenvalue weighted by Crippen LogP contribution is 2.27. The van der Waals surface area contributed by atoms with Crippen LogP contribution >= 0.6 is 0 Å². The second-order valence-electron chi connectivity index (χ2n) is 5.08. The number of fused-ring (bicyclic) bond motifs is 1. The number of hydrogen-bond acceptors (Lipinski definition) is 3. The molecule has 108 valence electrons. The molecule has 0 bridgehead atoms. The molecule has 0 atom stereocenters. The van der Waals surface area contributed by atoms with E-state index in [2.05, 4.69) is 29.2 Å². The van der Waals surface area contributed by atoms with Crippen molar-refractivity contribution in [3.05, 3.63) is 42.5 Å². The summed E-state index contributed by atoms with van der Waals surface area (Å²) in [7, 11) is 0. The van der Waals surface area contributed by atoms with Gasteiger partial charge in [0.1, 0.15) is 0 Å². The third-order valence-corrected chi connectivity index (χ3v) is 3.86. The Labute approximate surface area is 122 Å². The number of benzene rings is 2. The molecule has 3 rings (SSSR count). The zero-order valence-electron chi connectivity index (χ0n) is 11.5. The van der Waals surface area contributed by atoms with Gasteiger partial charge in [0.2, 0.25) is 0 Å². The summed E-state index contributed by atoms with van der Waals surface area (Å²) in [4.78, 5) is 25.8. The number of hydrogen-bond donors (Lipinski definition) is 1. The highest BCUT2D eigenvalue weighted by molar-refractivity contribution is 6.31. The smallest absolute Gasteiger partial charge is 0.394 e. The third kappa shape index (κ3) is 2.54. The van der Waals surface area contributed by atoms with Crippen LogP contribution in [0.3, 0.4) is 0 Å². The third-order valence-electron chi connectivity index (χ3n) is 3.86. The van der Waals surface area contributed by atoms with Crippen LogP contribution in [-0.2, 0) is 9.59 Å². The number of carboxylic acids is 1. The van der Waals surface area contributed by atoms with Crippen LogP contribution in [0.2, 0.25) is 0 Å². The van der Waals surface area contributed by atoms with Gasteiger partial charge in [0, 0.05) is 37.3 Å². The number of carbonyl (C=O) groups excluding carboxylic acids is 1. The number of nitrogens with zero attached hydrogens (tertiary/aromatic N) is 2. The molecule has 1 aliphatic heterocycles. The largest absolute Gasteiger partial charge is 0.474 e. The van der Waals surface area contributed by atoms with E-state index in [0.29, 0.717) is 26.2 Å². The normalized spacial score (nSPS) is 15.2. The molecule has 1 fully saturated rings. The SMILES string of the molecule is O=C(O)C(=O)N1CCN(c2cccc3ccccc23)CC1. The summed E-state index contributed by atoms with van der Waals surface area (Å²) >= 11 is 0. The van der Waals surface area contributed by atoms with Crippen LogP contribution in [0.25, 0.3) is 10.8 Å². The number of carboxylic acid groups (broad SMARTS) is 1. The fourth-order valence-electron chi connectivity index (χ4n) is 2.77. The van der Waals surface area contributed by atoms with E-state index in [0.717, 1.165) is 5.69 Å². The number of carbonyl (C=O) groups is 2. The van der Waals surface area contributed by atoms with E-state index in [4.69, 9.17) is 5.11 Å². The molecule has 2 aromatic carbocycles. The van der Waals surface area contributed by atoms with Gasteiger partial charge in [-0.15, -0.1) is 0 Å². The maximum atomic E-state index is 11.5. The molecule has 5 heteroatoms. The fraction of sp³-hybridized carbons (Fsp3) is 0.250. The van der Waals surface area contributed by atoms with Crippen molar-refractivity contribution in [3.63, 3.8) is 0 Å². The van der Waals surface area contributed by atoms with Gasteiger partial charge in [0.15, 0.2) is 0 Å². The molecule has 0 aliphatic carbocycles. The lowest BCUT2D eigenvalue weighted by Crippen LogP contribution is -2.50. The molecule has 1 amide bonds. The summed E-state index contributed by atoms with van der Waals surface area (Å²) in [6.07, 6.45) is 0. The molecule has 0 unspecified atom stereocenters. The Bertz CT molecular complexity index is 685. The minimum absolute atomic E-state index is 0.439. The van der Waals surface area contributed by atoms with Gasteiger partial charge in [-0.3, -0.25) is 4.79 Å². The van der Waals surface area contributed by atoms with Crippen LogP contribution in [0.5, 0.6) is 0 Å². The maximum Gasteiger partial charge on any atom is 0.394 e.